The number of aromatic nitrogens is 1. The van der Waals surface area contributed by atoms with Crippen molar-refractivity contribution in [2.75, 3.05) is 13.1 Å². The Hall–Kier alpha value is -1.52. The van der Waals surface area contributed by atoms with Crippen LogP contribution in [0, 0.1) is 11.3 Å². The van der Waals surface area contributed by atoms with Crippen LogP contribution in [-0.4, -0.2) is 24.2 Å². The van der Waals surface area contributed by atoms with E-state index >= 15 is 0 Å². The van der Waals surface area contributed by atoms with E-state index in [-0.39, 0.29) is 30.0 Å². The maximum absolute atomic E-state index is 12.6. The average molecular weight is 308 g/mol. The van der Waals surface area contributed by atoms with E-state index in [4.69, 9.17) is 10.00 Å². The summed E-state index contributed by atoms with van der Waals surface area (Å²) in [6.07, 6.45) is -3.14. The highest BCUT2D eigenvalue weighted by Crippen LogP contribution is 2.30. The van der Waals surface area contributed by atoms with Crippen LogP contribution in [-0.2, 0) is 6.18 Å². The number of rotatable bonds is 2. The summed E-state index contributed by atoms with van der Waals surface area (Å²) in [4.78, 5) is 3.42. The van der Waals surface area contributed by atoms with Crippen LogP contribution in [0.2, 0.25) is 0 Å². The molecule has 0 amide bonds. The van der Waals surface area contributed by atoms with Gasteiger partial charge in [-0.25, -0.2) is 4.98 Å². The lowest BCUT2D eigenvalue weighted by molar-refractivity contribution is -0.141. The number of nitrogens with zero attached hydrogens (tertiary/aromatic N) is 2. The van der Waals surface area contributed by atoms with Crippen molar-refractivity contribution < 1.29 is 17.9 Å². The molecule has 20 heavy (non-hydrogen) atoms. The lowest BCUT2D eigenvalue weighted by atomic mass is 10.1. The number of piperidine rings is 1. The Bertz CT molecular complexity index is 496. The molecule has 1 aliphatic heterocycles. The van der Waals surface area contributed by atoms with Gasteiger partial charge in [0, 0.05) is 12.6 Å². The number of nitriles is 1. The van der Waals surface area contributed by atoms with Crippen LogP contribution in [0.1, 0.15) is 24.1 Å². The van der Waals surface area contributed by atoms with Gasteiger partial charge < -0.3 is 10.1 Å². The highest BCUT2D eigenvalue weighted by Gasteiger charge is 2.33. The predicted molar refractivity (Wildman–Crippen MR) is 67.7 cm³/mol. The normalized spacial score (nSPS) is 18.8. The molecule has 0 aliphatic carbocycles. The molecule has 8 heteroatoms. The van der Waals surface area contributed by atoms with E-state index in [0.29, 0.717) is 12.6 Å². The van der Waals surface area contributed by atoms with Crippen molar-refractivity contribution in [1.82, 2.24) is 10.3 Å². The molecule has 1 aliphatic rings. The molecule has 1 aromatic heterocycles. The van der Waals surface area contributed by atoms with Gasteiger partial charge in [-0.1, -0.05) is 0 Å². The number of ether oxygens (including phenoxy) is 1. The molecule has 1 aromatic rings. The summed E-state index contributed by atoms with van der Waals surface area (Å²) in [6, 6.07) is 3.62. The van der Waals surface area contributed by atoms with Crippen LogP contribution < -0.4 is 10.1 Å². The van der Waals surface area contributed by atoms with E-state index < -0.39 is 11.9 Å². The zero-order chi connectivity index (χ0) is 13.9. The fraction of sp³-hybridized carbons (Fsp3) is 0.500. The van der Waals surface area contributed by atoms with Gasteiger partial charge in [0.1, 0.15) is 11.8 Å². The third-order valence-electron chi connectivity index (χ3n) is 2.76. The third-order valence-corrected chi connectivity index (χ3v) is 2.76. The smallest absolute Gasteiger partial charge is 0.433 e. The maximum Gasteiger partial charge on any atom is 0.433 e. The topological polar surface area (TPSA) is 57.9 Å². The lowest BCUT2D eigenvalue weighted by Crippen LogP contribution is -2.37. The molecule has 1 N–H and O–H groups in total. The molecular weight excluding hydrogens is 295 g/mol. The Labute approximate surface area is 120 Å². The second kappa shape index (κ2) is 6.77. The van der Waals surface area contributed by atoms with E-state index in [9.17, 15) is 13.2 Å². The van der Waals surface area contributed by atoms with Crippen LogP contribution in [0.15, 0.2) is 12.1 Å². The first-order valence-electron chi connectivity index (χ1n) is 5.86. The van der Waals surface area contributed by atoms with Gasteiger partial charge in [0.05, 0.1) is 11.6 Å². The summed E-state index contributed by atoms with van der Waals surface area (Å²) in [5, 5.41) is 11.8. The summed E-state index contributed by atoms with van der Waals surface area (Å²) < 4.78 is 43.3. The minimum absolute atomic E-state index is 0. The summed E-state index contributed by atoms with van der Waals surface area (Å²) >= 11 is 0. The zero-order valence-corrected chi connectivity index (χ0v) is 11.2. The molecular formula is C12H13ClF3N3O. The minimum atomic E-state index is -4.59. The largest absolute Gasteiger partial charge is 0.473 e. The Morgan fingerprint density at radius 2 is 2.15 bits per heavy atom. The summed E-state index contributed by atoms with van der Waals surface area (Å²) in [5.74, 6) is -0.153. The predicted octanol–water partition coefficient (Wildman–Crippen LogP) is 2.52. The Kier molecular flexibility index (Phi) is 5.60. The van der Waals surface area contributed by atoms with Crippen molar-refractivity contribution in [3.63, 3.8) is 0 Å². The monoisotopic (exact) mass is 307 g/mol. The van der Waals surface area contributed by atoms with Crippen molar-refractivity contribution in [1.29, 1.82) is 5.26 Å². The first kappa shape index (κ1) is 16.5. The van der Waals surface area contributed by atoms with Crippen LogP contribution in [0.3, 0.4) is 0 Å². The third kappa shape index (κ3) is 4.25. The van der Waals surface area contributed by atoms with Crippen LogP contribution in [0.5, 0.6) is 5.88 Å². The van der Waals surface area contributed by atoms with E-state index in [0.717, 1.165) is 19.4 Å². The number of pyridine rings is 1. The van der Waals surface area contributed by atoms with Crippen LogP contribution in [0.4, 0.5) is 13.2 Å². The number of hydrogen-bond acceptors (Lipinski definition) is 4. The van der Waals surface area contributed by atoms with Crippen molar-refractivity contribution in [3.8, 4) is 11.9 Å². The van der Waals surface area contributed by atoms with Gasteiger partial charge >= 0.3 is 6.18 Å². The van der Waals surface area contributed by atoms with Crippen molar-refractivity contribution in [2.45, 2.75) is 25.1 Å². The molecule has 0 bridgehead atoms. The average Bonchev–Trinajstić information content (AvgIpc) is 2.38. The van der Waals surface area contributed by atoms with Crippen molar-refractivity contribution in [2.24, 2.45) is 0 Å². The SMILES string of the molecule is Cl.N#Cc1cc(OC2CCCNC2)nc(C(F)(F)F)c1. The summed E-state index contributed by atoms with van der Waals surface area (Å²) in [5.41, 5.74) is -1.22. The minimum Gasteiger partial charge on any atom is -0.473 e. The number of nitrogens with one attached hydrogen (secondary N) is 1. The summed E-state index contributed by atoms with van der Waals surface area (Å²) in [6.45, 7) is 1.44. The van der Waals surface area contributed by atoms with Gasteiger partial charge in [0.15, 0.2) is 0 Å². The van der Waals surface area contributed by atoms with Gasteiger partial charge in [-0.3, -0.25) is 0 Å². The molecule has 2 heterocycles. The molecule has 1 atom stereocenters. The Morgan fingerprint density at radius 3 is 2.70 bits per heavy atom. The number of hydrogen-bond donors (Lipinski definition) is 1. The van der Waals surface area contributed by atoms with E-state index in [1.165, 1.54) is 6.07 Å². The molecule has 1 unspecified atom stereocenters. The molecule has 1 fully saturated rings. The second-order valence-corrected chi connectivity index (χ2v) is 4.28. The highest BCUT2D eigenvalue weighted by atomic mass is 35.5. The standard InChI is InChI=1S/C12H12F3N3O.ClH/c13-12(14,15)10-4-8(6-16)5-11(18-10)19-9-2-1-3-17-7-9;/h4-5,9,17H,1-3,7H2;1H. The second-order valence-electron chi connectivity index (χ2n) is 4.28. The van der Waals surface area contributed by atoms with Gasteiger partial charge in [-0.15, -0.1) is 12.4 Å². The molecule has 1 saturated heterocycles. The molecule has 0 radical (unpaired) electrons. The van der Waals surface area contributed by atoms with Gasteiger partial charge in [0.25, 0.3) is 0 Å². The number of halogens is 4. The quantitative estimate of drug-likeness (QED) is 0.912. The molecule has 0 saturated carbocycles. The van der Waals surface area contributed by atoms with E-state index in [1.54, 1.807) is 6.07 Å². The van der Waals surface area contributed by atoms with Gasteiger partial charge in [-0.2, -0.15) is 18.4 Å². The fourth-order valence-corrected chi connectivity index (χ4v) is 1.87. The molecule has 2 rings (SSSR count). The van der Waals surface area contributed by atoms with Crippen LogP contribution >= 0.6 is 12.4 Å². The Balaban J connectivity index is 0.00000200. The molecule has 0 aromatic carbocycles. The molecule has 0 spiro atoms. The van der Waals surface area contributed by atoms with Gasteiger partial charge in [0.2, 0.25) is 5.88 Å². The fourth-order valence-electron chi connectivity index (χ4n) is 1.87. The molecule has 4 nitrogen and oxygen atoms in total. The zero-order valence-electron chi connectivity index (χ0n) is 10.4. The van der Waals surface area contributed by atoms with Crippen molar-refractivity contribution in [3.05, 3.63) is 23.4 Å². The molecule has 110 valence electrons. The highest BCUT2D eigenvalue weighted by molar-refractivity contribution is 5.85. The van der Waals surface area contributed by atoms with Crippen LogP contribution in [0.25, 0.3) is 0 Å². The van der Waals surface area contributed by atoms with E-state index in [2.05, 4.69) is 10.3 Å². The first-order valence-corrected chi connectivity index (χ1v) is 5.86. The Morgan fingerprint density at radius 1 is 1.40 bits per heavy atom. The summed E-state index contributed by atoms with van der Waals surface area (Å²) in [7, 11) is 0. The number of alkyl halides is 3. The van der Waals surface area contributed by atoms with Gasteiger partial charge in [-0.05, 0) is 25.5 Å². The first-order chi connectivity index (χ1) is 8.99. The lowest BCUT2D eigenvalue weighted by Gasteiger charge is -2.23. The van der Waals surface area contributed by atoms with E-state index in [1.807, 2.05) is 0 Å². The van der Waals surface area contributed by atoms with Crippen molar-refractivity contribution >= 4 is 12.4 Å². The maximum atomic E-state index is 12.6.